The second kappa shape index (κ2) is 7.49. The molecule has 23 heavy (non-hydrogen) atoms. The molecule has 0 fully saturated rings. The maximum atomic E-state index is 12.2. The van der Waals surface area contributed by atoms with Crippen molar-refractivity contribution in [1.29, 1.82) is 0 Å². The molecule has 6 nitrogen and oxygen atoms in total. The van der Waals surface area contributed by atoms with Gasteiger partial charge in [-0.25, -0.2) is 0 Å². The van der Waals surface area contributed by atoms with E-state index in [1.165, 1.54) is 12.3 Å². The van der Waals surface area contributed by atoms with Gasteiger partial charge in [-0.05, 0) is 19.9 Å². The first-order valence-electron chi connectivity index (χ1n) is 7.33. The minimum Gasteiger partial charge on any atom is -0.493 e. The maximum Gasteiger partial charge on any atom is 0.257 e. The van der Waals surface area contributed by atoms with Crippen molar-refractivity contribution in [2.45, 2.75) is 20.4 Å². The van der Waals surface area contributed by atoms with Crippen molar-refractivity contribution in [2.75, 3.05) is 13.7 Å². The first-order valence-corrected chi connectivity index (χ1v) is 7.33. The number of carbonyl (C=O) groups is 1. The first kappa shape index (κ1) is 16.6. The van der Waals surface area contributed by atoms with Crippen molar-refractivity contribution in [1.82, 2.24) is 10.3 Å². The number of ether oxygens (including phenoxy) is 2. The van der Waals surface area contributed by atoms with Gasteiger partial charge in [0.2, 0.25) is 0 Å². The Morgan fingerprint density at radius 1 is 1.35 bits per heavy atom. The lowest BCUT2D eigenvalue weighted by Crippen LogP contribution is -2.28. The standard InChI is InChI=1S/C17H20N2O4/c1-4-23-16-12(6-5-7-15(16)22-3)9-19-17(21)13-10-18-11(2)8-14(13)20/h5-8,10H,4,9H2,1-3H3,(H,18,20)(H,19,21). The van der Waals surface area contributed by atoms with Crippen molar-refractivity contribution in [3.8, 4) is 11.5 Å². The van der Waals surface area contributed by atoms with Crippen LogP contribution in [0.1, 0.15) is 28.5 Å². The summed E-state index contributed by atoms with van der Waals surface area (Å²) in [5.41, 5.74) is 1.26. The van der Waals surface area contributed by atoms with Gasteiger partial charge < -0.3 is 19.8 Å². The van der Waals surface area contributed by atoms with Crippen LogP contribution < -0.4 is 20.2 Å². The quantitative estimate of drug-likeness (QED) is 0.854. The van der Waals surface area contributed by atoms with E-state index in [9.17, 15) is 9.59 Å². The Labute approximate surface area is 134 Å². The van der Waals surface area contributed by atoms with Crippen LogP contribution in [0.4, 0.5) is 0 Å². The lowest BCUT2D eigenvalue weighted by molar-refractivity contribution is 0.0949. The van der Waals surface area contributed by atoms with Crippen molar-refractivity contribution in [2.24, 2.45) is 0 Å². The molecule has 6 heteroatoms. The predicted octanol–water partition coefficient (Wildman–Crippen LogP) is 2.02. The Bertz CT molecular complexity index is 752. The number of hydrogen-bond donors (Lipinski definition) is 2. The van der Waals surface area contributed by atoms with Gasteiger partial charge in [-0.1, -0.05) is 12.1 Å². The van der Waals surface area contributed by atoms with Gasteiger partial charge in [-0.3, -0.25) is 9.59 Å². The number of carbonyl (C=O) groups excluding carboxylic acids is 1. The van der Waals surface area contributed by atoms with Crippen molar-refractivity contribution < 1.29 is 14.3 Å². The molecule has 0 saturated heterocycles. The highest BCUT2D eigenvalue weighted by Gasteiger charge is 2.13. The van der Waals surface area contributed by atoms with Crippen molar-refractivity contribution in [3.63, 3.8) is 0 Å². The lowest BCUT2D eigenvalue weighted by atomic mass is 10.1. The molecule has 0 radical (unpaired) electrons. The fourth-order valence-corrected chi connectivity index (χ4v) is 2.19. The molecule has 0 aliphatic rings. The summed E-state index contributed by atoms with van der Waals surface area (Å²) in [5.74, 6) is 0.763. The molecule has 0 spiro atoms. The van der Waals surface area contributed by atoms with E-state index < -0.39 is 5.91 Å². The number of aromatic nitrogens is 1. The third-order valence-electron chi connectivity index (χ3n) is 3.31. The summed E-state index contributed by atoms with van der Waals surface area (Å²) >= 11 is 0. The fourth-order valence-electron chi connectivity index (χ4n) is 2.19. The number of amides is 1. The molecular formula is C17H20N2O4. The highest BCUT2D eigenvalue weighted by Crippen LogP contribution is 2.30. The van der Waals surface area contributed by atoms with Gasteiger partial charge in [-0.15, -0.1) is 0 Å². The van der Waals surface area contributed by atoms with Gasteiger partial charge in [0.25, 0.3) is 5.91 Å². The Hall–Kier alpha value is -2.76. The summed E-state index contributed by atoms with van der Waals surface area (Å²) in [4.78, 5) is 26.9. The zero-order valence-electron chi connectivity index (χ0n) is 13.4. The van der Waals surface area contributed by atoms with Crippen LogP contribution in [0.25, 0.3) is 0 Å². The number of methoxy groups -OCH3 is 1. The summed E-state index contributed by atoms with van der Waals surface area (Å²) in [6.07, 6.45) is 1.42. The van der Waals surface area contributed by atoms with Crippen molar-refractivity contribution >= 4 is 5.91 Å². The molecule has 122 valence electrons. The number of nitrogens with one attached hydrogen (secondary N) is 2. The van der Waals surface area contributed by atoms with Crippen LogP contribution in [0.5, 0.6) is 11.5 Å². The fraction of sp³-hybridized carbons (Fsp3) is 0.294. The molecular weight excluding hydrogens is 296 g/mol. The molecule has 0 saturated carbocycles. The summed E-state index contributed by atoms with van der Waals surface area (Å²) < 4.78 is 10.9. The predicted molar refractivity (Wildman–Crippen MR) is 87.1 cm³/mol. The smallest absolute Gasteiger partial charge is 0.257 e. The van der Waals surface area contributed by atoms with Gasteiger partial charge in [0, 0.05) is 30.1 Å². The molecule has 1 aromatic carbocycles. The Morgan fingerprint density at radius 3 is 2.78 bits per heavy atom. The monoisotopic (exact) mass is 316 g/mol. The maximum absolute atomic E-state index is 12.2. The molecule has 1 amide bonds. The van der Waals surface area contributed by atoms with Gasteiger partial charge >= 0.3 is 0 Å². The summed E-state index contributed by atoms with van der Waals surface area (Å²) in [6.45, 7) is 4.35. The average Bonchev–Trinajstić information content (AvgIpc) is 2.53. The molecule has 0 bridgehead atoms. The minimum absolute atomic E-state index is 0.0801. The number of hydrogen-bond acceptors (Lipinski definition) is 4. The number of pyridine rings is 1. The zero-order valence-corrected chi connectivity index (χ0v) is 13.4. The molecule has 0 aliphatic carbocycles. The number of benzene rings is 1. The summed E-state index contributed by atoms with van der Waals surface area (Å²) in [7, 11) is 1.56. The van der Waals surface area contributed by atoms with Crippen LogP contribution in [-0.4, -0.2) is 24.6 Å². The number of para-hydroxylation sites is 1. The average molecular weight is 316 g/mol. The molecule has 1 aromatic heterocycles. The number of aromatic amines is 1. The Balaban J connectivity index is 2.17. The van der Waals surface area contributed by atoms with Gasteiger partial charge in [0.1, 0.15) is 5.56 Å². The highest BCUT2D eigenvalue weighted by molar-refractivity contribution is 5.93. The molecule has 0 aliphatic heterocycles. The Kier molecular flexibility index (Phi) is 5.41. The molecule has 2 rings (SSSR count). The van der Waals surface area contributed by atoms with E-state index in [-0.39, 0.29) is 17.5 Å². The van der Waals surface area contributed by atoms with E-state index in [1.54, 1.807) is 20.1 Å². The summed E-state index contributed by atoms with van der Waals surface area (Å²) in [6, 6.07) is 6.85. The highest BCUT2D eigenvalue weighted by atomic mass is 16.5. The molecule has 1 heterocycles. The van der Waals surface area contributed by atoms with Gasteiger partial charge in [0.15, 0.2) is 16.9 Å². The molecule has 2 aromatic rings. The first-order chi connectivity index (χ1) is 11.1. The number of H-pyrrole nitrogens is 1. The SMILES string of the molecule is CCOc1c(CNC(=O)c2c[nH]c(C)cc2=O)cccc1OC. The van der Waals surface area contributed by atoms with E-state index in [0.717, 1.165) is 5.56 Å². The van der Waals surface area contributed by atoms with Crippen LogP contribution >= 0.6 is 0 Å². The second-order valence-electron chi connectivity index (χ2n) is 4.96. The zero-order chi connectivity index (χ0) is 16.8. The number of rotatable bonds is 6. The van der Waals surface area contributed by atoms with E-state index in [0.29, 0.717) is 23.8 Å². The van der Waals surface area contributed by atoms with E-state index in [1.807, 2.05) is 19.1 Å². The Morgan fingerprint density at radius 2 is 2.13 bits per heavy atom. The van der Waals surface area contributed by atoms with Crippen LogP contribution in [0.3, 0.4) is 0 Å². The van der Waals surface area contributed by atoms with Crippen LogP contribution in [-0.2, 0) is 6.54 Å². The third-order valence-corrected chi connectivity index (χ3v) is 3.31. The van der Waals surface area contributed by atoms with E-state index in [4.69, 9.17) is 9.47 Å². The minimum atomic E-state index is -0.434. The van der Waals surface area contributed by atoms with Gasteiger partial charge in [-0.2, -0.15) is 0 Å². The number of aryl methyl sites for hydroxylation is 1. The summed E-state index contributed by atoms with van der Waals surface area (Å²) in [5, 5.41) is 2.73. The normalized spacial score (nSPS) is 10.2. The lowest BCUT2D eigenvalue weighted by Gasteiger charge is -2.14. The van der Waals surface area contributed by atoms with E-state index >= 15 is 0 Å². The molecule has 0 unspecified atom stereocenters. The van der Waals surface area contributed by atoms with E-state index in [2.05, 4.69) is 10.3 Å². The van der Waals surface area contributed by atoms with Crippen LogP contribution in [0.15, 0.2) is 35.3 Å². The van der Waals surface area contributed by atoms with Crippen LogP contribution in [0, 0.1) is 6.92 Å². The largest absolute Gasteiger partial charge is 0.493 e. The molecule has 0 atom stereocenters. The van der Waals surface area contributed by atoms with Crippen molar-refractivity contribution in [3.05, 3.63) is 57.5 Å². The third kappa shape index (κ3) is 3.91. The molecule has 2 N–H and O–H groups in total. The second-order valence-corrected chi connectivity index (χ2v) is 4.96. The van der Waals surface area contributed by atoms with Crippen LogP contribution in [0.2, 0.25) is 0 Å². The topological polar surface area (TPSA) is 80.4 Å². The van der Waals surface area contributed by atoms with Gasteiger partial charge in [0.05, 0.1) is 13.7 Å².